The Hall–Kier alpha value is -2.57. The summed E-state index contributed by atoms with van der Waals surface area (Å²) < 4.78 is 13.0. The summed E-state index contributed by atoms with van der Waals surface area (Å²) in [7, 11) is 0. The monoisotopic (exact) mass is 515 g/mol. The van der Waals surface area contributed by atoms with Gasteiger partial charge in [0, 0.05) is 17.3 Å². The van der Waals surface area contributed by atoms with Crippen molar-refractivity contribution in [1.29, 1.82) is 0 Å². The summed E-state index contributed by atoms with van der Waals surface area (Å²) in [6.45, 7) is 1.98. The molecule has 148 valence electrons. The Labute approximate surface area is 186 Å². The molecular weight excluding hydrogens is 498 g/mol. The molecule has 0 amide bonds. The molecule has 2 N–H and O–H groups in total. The molecule has 0 heterocycles. The predicted octanol–water partition coefficient (Wildman–Crippen LogP) is 6.77. The van der Waals surface area contributed by atoms with Gasteiger partial charge in [-0.15, -0.1) is 0 Å². The number of halogens is 2. The minimum atomic E-state index is -0.449. The first-order chi connectivity index (χ1) is 14.0. The van der Waals surface area contributed by atoms with Crippen molar-refractivity contribution < 1.29 is 14.3 Å². The van der Waals surface area contributed by atoms with E-state index in [1.165, 1.54) is 6.08 Å². The minimum absolute atomic E-state index is 0.449. The third-order valence-corrected chi connectivity index (χ3v) is 5.54. The average molecular weight is 517 g/mol. The van der Waals surface area contributed by atoms with Crippen LogP contribution in [0.3, 0.4) is 0 Å². The molecule has 3 aromatic carbocycles. The van der Waals surface area contributed by atoms with Gasteiger partial charge in [0.25, 0.3) is 0 Å². The van der Waals surface area contributed by atoms with Gasteiger partial charge in [-0.05, 0) is 80.3 Å². The zero-order valence-corrected chi connectivity index (χ0v) is 18.9. The van der Waals surface area contributed by atoms with Gasteiger partial charge in [0.1, 0.15) is 11.5 Å². The maximum atomic E-state index is 12.3. The summed E-state index contributed by atoms with van der Waals surface area (Å²) in [4.78, 5) is 12.3. The zero-order chi connectivity index (χ0) is 20.8. The predicted molar refractivity (Wildman–Crippen MR) is 123 cm³/mol. The minimum Gasteiger partial charge on any atom is -0.455 e. The second kappa shape index (κ2) is 9.76. The van der Waals surface area contributed by atoms with Crippen LogP contribution in [0.4, 0.5) is 5.69 Å². The van der Waals surface area contributed by atoms with Crippen LogP contribution in [0.15, 0.2) is 75.7 Å². The Kier molecular flexibility index (Phi) is 7.12. The maximum absolute atomic E-state index is 12.3. The molecule has 4 nitrogen and oxygen atoms in total. The molecule has 3 aromatic rings. The lowest BCUT2D eigenvalue weighted by Crippen LogP contribution is -2.07. The quantitative estimate of drug-likeness (QED) is 0.170. The number of nitrogen functional groups attached to an aromatic ring is 1. The third-order valence-electron chi connectivity index (χ3n) is 4.11. The van der Waals surface area contributed by atoms with Crippen molar-refractivity contribution in [2.24, 2.45) is 0 Å². The van der Waals surface area contributed by atoms with E-state index in [0.29, 0.717) is 33.8 Å². The number of esters is 1. The maximum Gasteiger partial charge on any atom is 0.336 e. The smallest absolute Gasteiger partial charge is 0.336 e. The van der Waals surface area contributed by atoms with E-state index in [-0.39, 0.29) is 0 Å². The highest BCUT2D eigenvalue weighted by Gasteiger charge is 2.18. The zero-order valence-electron chi connectivity index (χ0n) is 15.7. The van der Waals surface area contributed by atoms with E-state index < -0.39 is 5.97 Å². The van der Waals surface area contributed by atoms with Gasteiger partial charge in [-0.1, -0.05) is 37.3 Å². The molecule has 0 bridgehead atoms. The molecule has 3 rings (SSSR count). The molecule has 0 saturated carbocycles. The van der Waals surface area contributed by atoms with E-state index >= 15 is 0 Å². The second-order valence-electron chi connectivity index (χ2n) is 6.17. The Bertz CT molecular complexity index is 1030. The highest BCUT2D eigenvalue weighted by atomic mass is 79.9. The summed E-state index contributed by atoms with van der Waals surface area (Å²) in [6.07, 6.45) is 3.78. The van der Waals surface area contributed by atoms with Gasteiger partial charge >= 0.3 is 5.97 Å². The van der Waals surface area contributed by atoms with Crippen LogP contribution in [0.25, 0.3) is 6.08 Å². The summed E-state index contributed by atoms with van der Waals surface area (Å²) in [6, 6.07) is 18.4. The van der Waals surface area contributed by atoms with Gasteiger partial charge in [0.2, 0.25) is 0 Å². The van der Waals surface area contributed by atoms with Crippen LogP contribution in [0.2, 0.25) is 0 Å². The number of nitrogens with two attached hydrogens (primary N) is 1. The summed E-state index contributed by atoms with van der Waals surface area (Å²) in [5.74, 6) is 1.28. The normalized spacial score (nSPS) is 10.9. The molecule has 0 aromatic heterocycles. The van der Waals surface area contributed by atoms with E-state index in [2.05, 4.69) is 31.9 Å². The topological polar surface area (TPSA) is 61.5 Å². The number of carbonyl (C=O) groups is 1. The number of rotatable bonds is 6. The van der Waals surface area contributed by atoms with E-state index in [1.54, 1.807) is 36.4 Å². The fourth-order valence-electron chi connectivity index (χ4n) is 2.66. The standard InChI is InChI=1S/C23H19Br2NO3/c1-2-18-20(29-21(27)13-8-15-6-4-3-5-7-15)14-19(24)23(22(18)25)28-17-11-9-16(26)10-12-17/h3-14H,2,26H2,1H3. The fourth-order valence-corrected chi connectivity index (χ4v) is 4.18. The Balaban J connectivity index is 1.83. The molecular formula is C23H19Br2NO3. The summed E-state index contributed by atoms with van der Waals surface area (Å²) in [5, 5.41) is 0. The van der Waals surface area contributed by atoms with Crippen LogP contribution in [0.5, 0.6) is 17.2 Å². The summed E-state index contributed by atoms with van der Waals surface area (Å²) in [5.41, 5.74) is 8.15. The fraction of sp³-hybridized carbons (Fsp3) is 0.0870. The number of ether oxygens (including phenoxy) is 2. The van der Waals surface area contributed by atoms with Crippen LogP contribution in [0.1, 0.15) is 18.1 Å². The SMILES string of the molecule is CCc1c(OC(=O)C=Cc2ccccc2)cc(Br)c(Oc2ccc(N)cc2)c1Br. The number of carbonyl (C=O) groups excluding carboxylic acids is 1. The van der Waals surface area contributed by atoms with E-state index in [0.717, 1.165) is 15.6 Å². The van der Waals surface area contributed by atoms with Crippen LogP contribution in [-0.2, 0) is 11.2 Å². The molecule has 29 heavy (non-hydrogen) atoms. The third kappa shape index (κ3) is 5.49. The number of hydrogen-bond donors (Lipinski definition) is 1. The van der Waals surface area contributed by atoms with E-state index in [9.17, 15) is 4.79 Å². The van der Waals surface area contributed by atoms with Crippen LogP contribution in [-0.4, -0.2) is 5.97 Å². The van der Waals surface area contributed by atoms with E-state index in [1.807, 2.05) is 37.3 Å². The highest BCUT2D eigenvalue weighted by Crippen LogP contribution is 2.43. The van der Waals surface area contributed by atoms with Crippen molar-refractivity contribution in [3.8, 4) is 17.2 Å². The van der Waals surface area contributed by atoms with Crippen molar-refractivity contribution in [2.45, 2.75) is 13.3 Å². The van der Waals surface area contributed by atoms with Crippen molar-refractivity contribution in [1.82, 2.24) is 0 Å². The van der Waals surface area contributed by atoms with E-state index in [4.69, 9.17) is 15.2 Å². The number of anilines is 1. The lowest BCUT2D eigenvalue weighted by molar-refractivity contribution is -0.128. The number of hydrogen-bond acceptors (Lipinski definition) is 4. The van der Waals surface area contributed by atoms with Crippen LogP contribution >= 0.6 is 31.9 Å². The Morgan fingerprint density at radius 1 is 1.07 bits per heavy atom. The first kappa shape index (κ1) is 21.1. The molecule has 0 fully saturated rings. The lowest BCUT2D eigenvalue weighted by Gasteiger charge is -2.16. The Morgan fingerprint density at radius 2 is 1.76 bits per heavy atom. The largest absolute Gasteiger partial charge is 0.455 e. The van der Waals surface area contributed by atoms with Gasteiger partial charge in [0.05, 0.1) is 8.95 Å². The van der Waals surface area contributed by atoms with Crippen LogP contribution < -0.4 is 15.2 Å². The second-order valence-corrected chi connectivity index (χ2v) is 7.82. The molecule has 0 aliphatic rings. The molecule has 6 heteroatoms. The van der Waals surface area contributed by atoms with Crippen molar-refractivity contribution in [3.63, 3.8) is 0 Å². The number of benzene rings is 3. The van der Waals surface area contributed by atoms with Gasteiger partial charge in [-0.25, -0.2) is 4.79 Å². The molecule has 0 aliphatic carbocycles. The lowest BCUT2D eigenvalue weighted by atomic mass is 10.1. The van der Waals surface area contributed by atoms with Crippen LogP contribution in [0, 0.1) is 0 Å². The highest BCUT2D eigenvalue weighted by molar-refractivity contribution is 9.11. The van der Waals surface area contributed by atoms with Gasteiger partial charge in [-0.3, -0.25) is 0 Å². The first-order valence-corrected chi connectivity index (χ1v) is 10.6. The van der Waals surface area contributed by atoms with Crippen molar-refractivity contribution in [3.05, 3.63) is 86.8 Å². The molecule has 0 radical (unpaired) electrons. The van der Waals surface area contributed by atoms with Gasteiger partial charge in [0.15, 0.2) is 5.75 Å². The van der Waals surface area contributed by atoms with Crippen molar-refractivity contribution in [2.75, 3.05) is 5.73 Å². The molecule has 0 aliphatic heterocycles. The van der Waals surface area contributed by atoms with Crippen molar-refractivity contribution >= 4 is 49.6 Å². The first-order valence-electron chi connectivity index (χ1n) is 8.97. The molecule has 0 saturated heterocycles. The molecule has 0 spiro atoms. The molecule has 0 unspecified atom stereocenters. The molecule has 0 atom stereocenters. The summed E-state index contributed by atoms with van der Waals surface area (Å²) >= 11 is 7.10. The van der Waals surface area contributed by atoms with Gasteiger partial charge < -0.3 is 15.2 Å². The average Bonchev–Trinajstić information content (AvgIpc) is 2.72. The Morgan fingerprint density at radius 3 is 2.41 bits per heavy atom. The van der Waals surface area contributed by atoms with Gasteiger partial charge in [-0.2, -0.15) is 0 Å².